The van der Waals surface area contributed by atoms with Gasteiger partial charge in [0, 0.05) is 6.54 Å². The number of aromatic nitrogens is 2. The summed E-state index contributed by atoms with van der Waals surface area (Å²) in [5.41, 5.74) is 0.904. The van der Waals surface area contributed by atoms with Gasteiger partial charge in [-0.2, -0.15) is 0 Å². The number of benzene rings is 1. The van der Waals surface area contributed by atoms with Crippen LogP contribution < -0.4 is 0 Å². The van der Waals surface area contributed by atoms with Gasteiger partial charge in [0.1, 0.15) is 17.2 Å². The Hall–Kier alpha value is -1.62. The van der Waals surface area contributed by atoms with Crippen molar-refractivity contribution in [2.75, 3.05) is 7.11 Å². The Kier molecular flexibility index (Phi) is 4.04. The molecule has 0 saturated heterocycles. The van der Waals surface area contributed by atoms with Crippen LogP contribution in [0.25, 0.3) is 11.0 Å². The van der Waals surface area contributed by atoms with Crippen molar-refractivity contribution in [2.45, 2.75) is 25.3 Å². The predicted octanol–water partition coefficient (Wildman–Crippen LogP) is 3.04. The molecule has 1 aromatic carbocycles. The standard InChI is InChI=1S/C13H14ClFN2O2/c1-8(14)13-16-10-5-3-4-9(15)12(10)17(13)7-6-11(18)19-2/h3-5,8H,6-7H2,1-2H3. The Morgan fingerprint density at radius 3 is 2.95 bits per heavy atom. The molecule has 102 valence electrons. The molecular formula is C13H14ClFN2O2. The highest BCUT2D eigenvalue weighted by atomic mass is 35.5. The predicted molar refractivity (Wildman–Crippen MR) is 70.6 cm³/mol. The number of alkyl halides is 1. The third kappa shape index (κ3) is 2.71. The molecule has 0 radical (unpaired) electrons. The van der Waals surface area contributed by atoms with Crippen LogP contribution >= 0.6 is 11.6 Å². The van der Waals surface area contributed by atoms with Crippen LogP contribution in [0.5, 0.6) is 0 Å². The molecule has 6 heteroatoms. The third-order valence-electron chi connectivity index (χ3n) is 2.87. The molecule has 0 aliphatic rings. The molecule has 0 fully saturated rings. The van der Waals surface area contributed by atoms with Crippen LogP contribution in [0, 0.1) is 5.82 Å². The first-order valence-corrected chi connectivity index (χ1v) is 6.33. The average Bonchev–Trinajstić information content (AvgIpc) is 2.76. The van der Waals surface area contributed by atoms with Gasteiger partial charge in [0.2, 0.25) is 0 Å². The monoisotopic (exact) mass is 284 g/mol. The lowest BCUT2D eigenvalue weighted by molar-refractivity contribution is -0.140. The lowest BCUT2D eigenvalue weighted by Crippen LogP contribution is -2.10. The van der Waals surface area contributed by atoms with Crippen LogP contribution in [-0.2, 0) is 16.1 Å². The fourth-order valence-electron chi connectivity index (χ4n) is 1.99. The molecule has 1 heterocycles. The summed E-state index contributed by atoms with van der Waals surface area (Å²) in [6.07, 6.45) is 0.146. The highest BCUT2D eigenvalue weighted by Crippen LogP contribution is 2.26. The Morgan fingerprint density at radius 1 is 1.58 bits per heavy atom. The number of hydrogen-bond donors (Lipinski definition) is 0. The molecule has 1 aromatic heterocycles. The quantitative estimate of drug-likeness (QED) is 0.640. The van der Waals surface area contributed by atoms with Crippen molar-refractivity contribution in [3.63, 3.8) is 0 Å². The Balaban J connectivity index is 2.48. The number of nitrogens with zero attached hydrogens (tertiary/aromatic N) is 2. The van der Waals surface area contributed by atoms with Crippen molar-refractivity contribution >= 4 is 28.6 Å². The Morgan fingerprint density at radius 2 is 2.32 bits per heavy atom. The van der Waals surface area contributed by atoms with Crippen LogP contribution in [0.3, 0.4) is 0 Å². The van der Waals surface area contributed by atoms with Gasteiger partial charge in [-0.1, -0.05) is 6.07 Å². The molecule has 1 unspecified atom stereocenters. The van der Waals surface area contributed by atoms with Crippen LogP contribution in [0.1, 0.15) is 24.5 Å². The maximum atomic E-state index is 13.9. The first-order valence-electron chi connectivity index (χ1n) is 5.90. The lowest BCUT2D eigenvalue weighted by atomic mass is 10.3. The Bertz CT molecular complexity index is 610. The van der Waals surface area contributed by atoms with Gasteiger partial charge < -0.3 is 9.30 Å². The second kappa shape index (κ2) is 5.57. The number of methoxy groups -OCH3 is 1. The van der Waals surface area contributed by atoms with Crippen LogP contribution in [-0.4, -0.2) is 22.6 Å². The summed E-state index contributed by atoms with van der Waals surface area (Å²) in [4.78, 5) is 15.5. The van der Waals surface area contributed by atoms with Crippen molar-refractivity contribution < 1.29 is 13.9 Å². The number of aryl methyl sites for hydroxylation is 1. The molecule has 0 saturated carbocycles. The van der Waals surface area contributed by atoms with Gasteiger partial charge in [-0.05, 0) is 19.1 Å². The summed E-state index contributed by atoms with van der Waals surface area (Å²) in [6, 6.07) is 4.68. The third-order valence-corrected chi connectivity index (χ3v) is 3.07. The lowest BCUT2D eigenvalue weighted by Gasteiger charge is -2.10. The van der Waals surface area contributed by atoms with Gasteiger partial charge >= 0.3 is 5.97 Å². The van der Waals surface area contributed by atoms with Gasteiger partial charge in [0.15, 0.2) is 0 Å². The second-order valence-corrected chi connectivity index (χ2v) is 4.83. The van der Waals surface area contributed by atoms with Gasteiger partial charge in [-0.3, -0.25) is 4.79 Å². The van der Waals surface area contributed by atoms with Gasteiger partial charge in [0.05, 0.1) is 24.4 Å². The number of hydrogen-bond acceptors (Lipinski definition) is 3. The van der Waals surface area contributed by atoms with E-state index >= 15 is 0 Å². The van der Waals surface area contributed by atoms with E-state index in [1.165, 1.54) is 13.2 Å². The van der Waals surface area contributed by atoms with E-state index in [9.17, 15) is 9.18 Å². The number of carbonyl (C=O) groups excluding carboxylic acids is 1. The van der Waals surface area contributed by atoms with Crippen molar-refractivity contribution in [1.82, 2.24) is 9.55 Å². The van der Waals surface area contributed by atoms with Crippen LogP contribution in [0.2, 0.25) is 0 Å². The molecule has 0 spiro atoms. The summed E-state index contributed by atoms with van der Waals surface area (Å²) in [5.74, 6) is -0.185. The zero-order chi connectivity index (χ0) is 14.0. The molecule has 0 bridgehead atoms. The van der Waals surface area contributed by atoms with E-state index in [-0.39, 0.29) is 30.1 Å². The van der Waals surface area contributed by atoms with E-state index in [1.54, 1.807) is 23.6 Å². The molecule has 19 heavy (non-hydrogen) atoms. The summed E-state index contributed by atoms with van der Waals surface area (Å²) in [6.45, 7) is 2.05. The number of carbonyl (C=O) groups is 1. The van der Waals surface area contributed by atoms with E-state index in [0.717, 1.165) is 0 Å². The van der Waals surface area contributed by atoms with Crippen molar-refractivity contribution in [3.8, 4) is 0 Å². The number of rotatable bonds is 4. The summed E-state index contributed by atoms with van der Waals surface area (Å²) in [7, 11) is 1.32. The van der Waals surface area contributed by atoms with Crippen molar-refractivity contribution in [2.24, 2.45) is 0 Å². The van der Waals surface area contributed by atoms with Crippen LogP contribution in [0.15, 0.2) is 18.2 Å². The molecular weight excluding hydrogens is 271 g/mol. The first-order chi connectivity index (χ1) is 9.04. The number of esters is 1. The molecule has 0 N–H and O–H groups in total. The van der Waals surface area contributed by atoms with Gasteiger partial charge in [-0.15, -0.1) is 11.6 Å². The largest absolute Gasteiger partial charge is 0.469 e. The minimum atomic E-state index is -0.376. The molecule has 0 aliphatic carbocycles. The number of ether oxygens (including phenoxy) is 1. The molecule has 0 aliphatic heterocycles. The van der Waals surface area contributed by atoms with E-state index in [4.69, 9.17) is 11.6 Å². The Labute approximate surface area is 115 Å². The highest BCUT2D eigenvalue weighted by Gasteiger charge is 2.18. The molecule has 2 rings (SSSR count). The summed E-state index contributed by atoms with van der Waals surface area (Å²) in [5, 5.41) is -0.371. The molecule has 2 aromatic rings. The van der Waals surface area contributed by atoms with Crippen LogP contribution in [0.4, 0.5) is 4.39 Å². The minimum Gasteiger partial charge on any atom is -0.469 e. The number of imidazole rings is 1. The van der Waals surface area contributed by atoms with Crippen molar-refractivity contribution in [1.29, 1.82) is 0 Å². The van der Waals surface area contributed by atoms with Gasteiger partial charge in [0.25, 0.3) is 0 Å². The van der Waals surface area contributed by atoms with E-state index in [2.05, 4.69) is 9.72 Å². The zero-order valence-electron chi connectivity index (χ0n) is 10.7. The minimum absolute atomic E-state index is 0.146. The normalized spacial score (nSPS) is 12.6. The fourth-order valence-corrected chi connectivity index (χ4v) is 2.16. The zero-order valence-corrected chi connectivity index (χ0v) is 11.4. The SMILES string of the molecule is COC(=O)CCn1c(C(C)Cl)nc2cccc(F)c21. The topological polar surface area (TPSA) is 44.1 Å². The highest BCUT2D eigenvalue weighted by molar-refractivity contribution is 6.20. The summed E-state index contributed by atoms with van der Waals surface area (Å²) >= 11 is 6.06. The van der Waals surface area contributed by atoms with Gasteiger partial charge in [-0.25, -0.2) is 9.37 Å². The summed E-state index contributed by atoms with van der Waals surface area (Å²) < 4.78 is 20.1. The van der Waals surface area contributed by atoms with E-state index < -0.39 is 0 Å². The first kappa shape index (κ1) is 13.8. The number of para-hydroxylation sites is 1. The van der Waals surface area contributed by atoms with Crippen molar-refractivity contribution in [3.05, 3.63) is 29.8 Å². The molecule has 1 atom stereocenters. The number of halogens is 2. The maximum absolute atomic E-state index is 13.9. The average molecular weight is 285 g/mol. The van der Waals surface area contributed by atoms with E-state index in [1.807, 2.05) is 0 Å². The second-order valence-electron chi connectivity index (χ2n) is 4.17. The maximum Gasteiger partial charge on any atom is 0.307 e. The smallest absolute Gasteiger partial charge is 0.307 e. The molecule has 4 nitrogen and oxygen atoms in total. The fraction of sp³-hybridized carbons (Fsp3) is 0.385. The number of fused-ring (bicyclic) bond motifs is 1. The molecule has 0 amide bonds. The van der Waals surface area contributed by atoms with E-state index in [0.29, 0.717) is 16.9 Å².